The Hall–Kier alpha value is -5.42. The third kappa shape index (κ3) is 4.74. The van der Waals surface area contributed by atoms with Crippen LogP contribution in [0, 0.1) is 0 Å². The predicted molar refractivity (Wildman–Crippen MR) is 217 cm³/mol. The van der Waals surface area contributed by atoms with E-state index in [-0.39, 0.29) is 5.41 Å². The van der Waals surface area contributed by atoms with Crippen LogP contribution in [0.15, 0.2) is 146 Å². The molecule has 50 heavy (non-hydrogen) atoms. The van der Waals surface area contributed by atoms with Gasteiger partial charge in [0, 0.05) is 58.2 Å². The van der Waals surface area contributed by atoms with Crippen molar-refractivity contribution in [2.75, 3.05) is 4.90 Å². The highest BCUT2D eigenvalue weighted by Crippen LogP contribution is 2.55. The second-order valence-corrected chi connectivity index (χ2v) is 16.4. The number of rotatable bonds is 3. The predicted octanol–water partition coefficient (Wildman–Crippen LogP) is 14.6. The van der Waals surface area contributed by atoms with E-state index in [1.54, 1.807) is 0 Å². The molecular formula is C46H33NOS2. The van der Waals surface area contributed by atoms with Crippen LogP contribution in [0.25, 0.3) is 62.6 Å². The maximum absolute atomic E-state index is 6.87. The molecule has 10 rings (SSSR count). The molecule has 1 aliphatic heterocycles. The zero-order valence-electron chi connectivity index (χ0n) is 28.0. The molecule has 0 fully saturated rings. The molecule has 0 spiro atoms. The molecule has 9 aromatic rings. The minimum absolute atomic E-state index is 0.0695. The number of hydrogen-bond donors (Lipinski definition) is 0. The zero-order chi connectivity index (χ0) is 33.6. The quantitative estimate of drug-likeness (QED) is 0.184. The van der Waals surface area contributed by atoms with Gasteiger partial charge in [-0.1, -0.05) is 118 Å². The molecule has 4 heteroatoms. The van der Waals surface area contributed by atoms with E-state index in [9.17, 15) is 0 Å². The summed E-state index contributed by atoms with van der Waals surface area (Å²) in [5.41, 5.74) is 9.58. The molecule has 0 saturated heterocycles. The van der Waals surface area contributed by atoms with E-state index in [1.165, 1.54) is 68.2 Å². The summed E-state index contributed by atoms with van der Waals surface area (Å²) in [7, 11) is 0. The molecule has 0 aliphatic carbocycles. The van der Waals surface area contributed by atoms with Gasteiger partial charge in [-0.3, -0.25) is 0 Å². The Morgan fingerprint density at radius 2 is 0.900 bits per heavy atom. The van der Waals surface area contributed by atoms with Crippen LogP contribution in [0.2, 0.25) is 0 Å². The van der Waals surface area contributed by atoms with Crippen LogP contribution in [0.3, 0.4) is 0 Å². The lowest BCUT2D eigenvalue weighted by atomic mass is 9.87. The molecule has 7 aromatic carbocycles. The van der Waals surface area contributed by atoms with E-state index in [0.717, 1.165) is 28.6 Å². The van der Waals surface area contributed by atoms with Crippen LogP contribution in [-0.2, 0) is 5.41 Å². The van der Waals surface area contributed by atoms with Crippen molar-refractivity contribution in [2.24, 2.45) is 0 Å². The topological polar surface area (TPSA) is 12.5 Å². The molecule has 0 saturated carbocycles. The largest absolute Gasteiger partial charge is 0.453 e. The van der Waals surface area contributed by atoms with Gasteiger partial charge in [-0.15, -0.1) is 22.7 Å². The van der Waals surface area contributed by atoms with Gasteiger partial charge in [-0.2, -0.15) is 0 Å². The van der Waals surface area contributed by atoms with Gasteiger partial charge in [0.15, 0.2) is 11.5 Å². The van der Waals surface area contributed by atoms with Crippen molar-refractivity contribution < 1.29 is 4.74 Å². The summed E-state index contributed by atoms with van der Waals surface area (Å²) in [6, 6.07) is 53.3. The van der Waals surface area contributed by atoms with Crippen molar-refractivity contribution in [1.29, 1.82) is 0 Å². The van der Waals surface area contributed by atoms with Crippen LogP contribution in [-0.4, -0.2) is 0 Å². The Bertz CT molecular complexity index is 2590. The van der Waals surface area contributed by atoms with Crippen LogP contribution in [0.1, 0.15) is 26.3 Å². The van der Waals surface area contributed by atoms with E-state index in [1.807, 2.05) is 22.7 Å². The van der Waals surface area contributed by atoms with E-state index in [4.69, 9.17) is 4.74 Å². The van der Waals surface area contributed by atoms with Gasteiger partial charge in [-0.05, 0) is 69.6 Å². The number of hydrogen-bond acceptors (Lipinski definition) is 4. The lowest BCUT2D eigenvalue weighted by Crippen LogP contribution is -2.16. The first-order chi connectivity index (χ1) is 24.4. The highest BCUT2D eigenvalue weighted by molar-refractivity contribution is 7.26. The van der Waals surface area contributed by atoms with Crippen LogP contribution in [0.4, 0.5) is 17.1 Å². The Kier molecular flexibility index (Phi) is 6.51. The molecule has 1 aliphatic rings. The molecule has 0 amide bonds. The van der Waals surface area contributed by atoms with Crippen molar-refractivity contribution in [1.82, 2.24) is 0 Å². The van der Waals surface area contributed by atoms with Gasteiger partial charge in [-0.25, -0.2) is 0 Å². The summed E-state index contributed by atoms with van der Waals surface area (Å²) in [4.78, 5) is 2.41. The van der Waals surface area contributed by atoms with E-state index < -0.39 is 0 Å². The molecular weight excluding hydrogens is 647 g/mol. The van der Waals surface area contributed by atoms with Gasteiger partial charge in [0.25, 0.3) is 0 Å². The van der Waals surface area contributed by atoms with Gasteiger partial charge < -0.3 is 9.64 Å². The summed E-state index contributed by atoms with van der Waals surface area (Å²) >= 11 is 3.67. The number of benzene rings is 7. The van der Waals surface area contributed by atoms with Crippen LogP contribution < -0.4 is 9.64 Å². The summed E-state index contributed by atoms with van der Waals surface area (Å²) < 4.78 is 11.9. The molecule has 2 nitrogen and oxygen atoms in total. The summed E-state index contributed by atoms with van der Waals surface area (Å²) in [5.74, 6) is 1.76. The standard InChI is InChI=1S/C46H33NOS2/c1-46(2,3)32-16-18-33(19-17-32)47-38-24-36-34-20-14-30(28-10-6-4-7-11-28)22-42(34)49-44(36)26-40(38)48-41-27-45-37(25-39(41)47)35-21-15-31(23-43(35)50-45)29-12-8-5-9-13-29/h4-27H,1-3H3. The molecule has 0 bridgehead atoms. The van der Waals surface area contributed by atoms with Gasteiger partial charge in [0.1, 0.15) is 0 Å². The average Bonchev–Trinajstić information content (AvgIpc) is 3.68. The first kappa shape index (κ1) is 29.5. The highest BCUT2D eigenvalue weighted by Gasteiger charge is 2.29. The Morgan fingerprint density at radius 3 is 1.36 bits per heavy atom. The minimum Gasteiger partial charge on any atom is -0.453 e. The van der Waals surface area contributed by atoms with Crippen molar-refractivity contribution >= 4 is 80.1 Å². The smallest absolute Gasteiger partial charge is 0.153 e. The number of anilines is 3. The average molecular weight is 680 g/mol. The van der Waals surface area contributed by atoms with Crippen molar-refractivity contribution in [2.45, 2.75) is 26.2 Å². The SMILES string of the molecule is CC(C)(C)c1ccc(N2c3cc4c(cc3Oc3cc5sc6cc(-c7ccccc7)ccc6c5cc32)sc2cc(-c3ccccc3)ccc24)cc1. The molecule has 0 radical (unpaired) electrons. The minimum atomic E-state index is 0.0695. The van der Waals surface area contributed by atoms with Crippen molar-refractivity contribution in [3.05, 3.63) is 151 Å². The van der Waals surface area contributed by atoms with Gasteiger partial charge in [0.05, 0.1) is 11.4 Å². The number of fused-ring (bicyclic) bond motifs is 8. The second kappa shape index (κ2) is 11.0. The van der Waals surface area contributed by atoms with Gasteiger partial charge in [0.2, 0.25) is 0 Å². The fraction of sp³-hybridized carbons (Fsp3) is 0.0870. The number of nitrogens with zero attached hydrogens (tertiary/aromatic N) is 1. The summed E-state index contributed by atoms with van der Waals surface area (Å²) in [6.45, 7) is 6.81. The fourth-order valence-corrected chi connectivity index (χ4v) is 9.67. The van der Waals surface area contributed by atoms with Crippen LogP contribution >= 0.6 is 22.7 Å². The highest BCUT2D eigenvalue weighted by atomic mass is 32.1. The molecule has 2 aromatic heterocycles. The Labute approximate surface area is 299 Å². The third-order valence-corrected chi connectivity index (χ3v) is 12.2. The van der Waals surface area contributed by atoms with Crippen LogP contribution in [0.5, 0.6) is 11.5 Å². The van der Waals surface area contributed by atoms with E-state index in [0.29, 0.717) is 0 Å². The summed E-state index contributed by atoms with van der Waals surface area (Å²) in [6.07, 6.45) is 0. The molecule has 3 heterocycles. The Morgan fingerprint density at radius 1 is 0.440 bits per heavy atom. The zero-order valence-corrected chi connectivity index (χ0v) is 29.7. The third-order valence-electron chi connectivity index (χ3n) is 10.0. The number of ether oxygens (including phenoxy) is 1. The first-order valence-corrected chi connectivity index (χ1v) is 18.7. The van der Waals surface area contributed by atoms with Crippen molar-refractivity contribution in [3.63, 3.8) is 0 Å². The van der Waals surface area contributed by atoms with E-state index in [2.05, 4.69) is 171 Å². The molecule has 240 valence electrons. The van der Waals surface area contributed by atoms with Gasteiger partial charge >= 0.3 is 0 Å². The Balaban J connectivity index is 1.16. The first-order valence-electron chi connectivity index (χ1n) is 17.1. The fourth-order valence-electron chi connectivity index (χ4n) is 7.36. The molecule has 0 atom stereocenters. The molecule has 0 N–H and O–H groups in total. The lowest BCUT2D eigenvalue weighted by molar-refractivity contribution is 0.478. The van der Waals surface area contributed by atoms with E-state index >= 15 is 0 Å². The lowest BCUT2D eigenvalue weighted by Gasteiger charge is -2.33. The maximum Gasteiger partial charge on any atom is 0.153 e. The maximum atomic E-state index is 6.87. The van der Waals surface area contributed by atoms with Crippen molar-refractivity contribution in [3.8, 4) is 33.8 Å². The monoisotopic (exact) mass is 679 g/mol. The summed E-state index contributed by atoms with van der Waals surface area (Å²) in [5, 5.41) is 5.05. The molecule has 0 unspecified atom stereocenters. The number of thiophene rings is 2. The second-order valence-electron chi connectivity index (χ2n) is 14.2. The normalized spacial score (nSPS) is 12.8.